The molecule has 0 amide bonds. The van der Waals surface area contributed by atoms with Crippen LogP contribution in [0.2, 0.25) is 0 Å². The summed E-state index contributed by atoms with van der Waals surface area (Å²) in [6.07, 6.45) is 7.92. The van der Waals surface area contributed by atoms with Crippen molar-refractivity contribution in [3.63, 3.8) is 0 Å². The van der Waals surface area contributed by atoms with Crippen LogP contribution in [0.4, 0.5) is 0 Å². The Bertz CT molecular complexity index is 453. The largest absolute Gasteiger partial charge is 0.326 e. The third-order valence-electron chi connectivity index (χ3n) is 3.04. The van der Waals surface area contributed by atoms with Crippen molar-refractivity contribution in [2.45, 2.75) is 31.7 Å². The number of fused-ring (bicyclic) bond motifs is 1. The number of aromatic nitrogens is 2. The SMILES string of the molecule is NCc1sc2nccn2c1C1CCC1. The highest BCUT2D eigenvalue weighted by atomic mass is 32.1. The Morgan fingerprint density at radius 3 is 3.07 bits per heavy atom. The topological polar surface area (TPSA) is 43.3 Å². The van der Waals surface area contributed by atoms with Crippen LogP contribution in [0.5, 0.6) is 0 Å². The zero-order valence-electron chi connectivity index (χ0n) is 7.94. The minimum Gasteiger partial charge on any atom is -0.326 e. The molecule has 0 saturated heterocycles. The van der Waals surface area contributed by atoms with Crippen LogP contribution in [0.3, 0.4) is 0 Å². The molecule has 0 radical (unpaired) electrons. The second-order valence-electron chi connectivity index (χ2n) is 3.82. The Kier molecular flexibility index (Phi) is 1.85. The molecule has 2 aromatic rings. The van der Waals surface area contributed by atoms with Gasteiger partial charge in [0.25, 0.3) is 0 Å². The summed E-state index contributed by atoms with van der Waals surface area (Å²) >= 11 is 1.74. The van der Waals surface area contributed by atoms with E-state index in [9.17, 15) is 0 Å². The maximum absolute atomic E-state index is 5.76. The Morgan fingerprint density at radius 1 is 1.57 bits per heavy atom. The van der Waals surface area contributed by atoms with E-state index in [1.165, 1.54) is 29.8 Å². The summed E-state index contributed by atoms with van der Waals surface area (Å²) in [4.78, 5) is 6.72. The molecule has 0 unspecified atom stereocenters. The first-order valence-corrected chi connectivity index (χ1v) is 5.86. The summed E-state index contributed by atoms with van der Waals surface area (Å²) in [5.41, 5.74) is 7.19. The summed E-state index contributed by atoms with van der Waals surface area (Å²) in [5.74, 6) is 0.733. The number of hydrogen-bond acceptors (Lipinski definition) is 3. The standard InChI is InChI=1S/C10H13N3S/c11-6-8-9(7-2-1-3-7)13-5-4-12-10(13)14-8/h4-5,7H,1-3,6,11H2. The van der Waals surface area contributed by atoms with Crippen LogP contribution in [0.1, 0.15) is 35.8 Å². The number of imidazole rings is 1. The lowest BCUT2D eigenvalue weighted by Gasteiger charge is -2.25. The van der Waals surface area contributed by atoms with Gasteiger partial charge in [-0.3, -0.25) is 4.40 Å². The molecule has 1 fully saturated rings. The van der Waals surface area contributed by atoms with E-state index in [-0.39, 0.29) is 0 Å². The Balaban J connectivity index is 2.19. The molecule has 0 atom stereocenters. The average Bonchev–Trinajstić information content (AvgIpc) is 2.64. The van der Waals surface area contributed by atoms with Crippen molar-refractivity contribution in [2.75, 3.05) is 0 Å². The van der Waals surface area contributed by atoms with Gasteiger partial charge in [0.05, 0.1) is 0 Å². The highest BCUT2D eigenvalue weighted by Crippen LogP contribution is 2.40. The lowest BCUT2D eigenvalue weighted by Crippen LogP contribution is -2.13. The van der Waals surface area contributed by atoms with Crippen LogP contribution in [-0.4, -0.2) is 9.38 Å². The molecular formula is C10H13N3S. The van der Waals surface area contributed by atoms with Gasteiger partial charge in [-0.25, -0.2) is 4.98 Å². The third-order valence-corrected chi connectivity index (χ3v) is 4.15. The van der Waals surface area contributed by atoms with Crippen LogP contribution in [0.25, 0.3) is 4.96 Å². The minimum atomic E-state index is 0.653. The van der Waals surface area contributed by atoms with Crippen molar-refractivity contribution in [2.24, 2.45) is 5.73 Å². The first-order chi connectivity index (χ1) is 6.90. The molecule has 2 aromatic heterocycles. The zero-order chi connectivity index (χ0) is 9.54. The van der Waals surface area contributed by atoms with E-state index in [1.807, 2.05) is 6.20 Å². The summed E-state index contributed by atoms with van der Waals surface area (Å²) in [6, 6.07) is 0. The smallest absolute Gasteiger partial charge is 0.194 e. The number of thiazole rings is 1. The van der Waals surface area contributed by atoms with Crippen molar-refractivity contribution in [1.29, 1.82) is 0 Å². The van der Waals surface area contributed by atoms with Gasteiger partial charge in [0, 0.05) is 35.4 Å². The van der Waals surface area contributed by atoms with E-state index in [4.69, 9.17) is 5.73 Å². The lowest BCUT2D eigenvalue weighted by atomic mass is 9.82. The Morgan fingerprint density at radius 2 is 2.43 bits per heavy atom. The second kappa shape index (κ2) is 3.07. The molecule has 1 aliphatic rings. The van der Waals surface area contributed by atoms with E-state index in [0.29, 0.717) is 6.54 Å². The second-order valence-corrected chi connectivity index (χ2v) is 4.88. The van der Waals surface area contributed by atoms with Gasteiger partial charge in [-0.15, -0.1) is 0 Å². The zero-order valence-corrected chi connectivity index (χ0v) is 8.76. The summed E-state index contributed by atoms with van der Waals surface area (Å²) in [6.45, 7) is 0.653. The van der Waals surface area contributed by atoms with Crippen LogP contribution in [0, 0.1) is 0 Å². The van der Waals surface area contributed by atoms with E-state index in [1.54, 1.807) is 11.3 Å². The number of nitrogens with two attached hydrogens (primary N) is 1. The van der Waals surface area contributed by atoms with E-state index < -0.39 is 0 Å². The van der Waals surface area contributed by atoms with Gasteiger partial charge in [-0.1, -0.05) is 17.8 Å². The number of hydrogen-bond donors (Lipinski definition) is 1. The summed E-state index contributed by atoms with van der Waals surface area (Å²) in [5, 5.41) is 0. The normalized spacial score (nSPS) is 17.5. The minimum absolute atomic E-state index is 0.653. The van der Waals surface area contributed by atoms with Gasteiger partial charge in [-0.05, 0) is 12.8 Å². The molecule has 3 nitrogen and oxygen atoms in total. The van der Waals surface area contributed by atoms with Crippen molar-refractivity contribution in [1.82, 2.24) is 9.38 Å². The van der Waals surface area contributed by atoms with Crippen molar-refractivity contribution in [3.05, 3.63) is 23.0 Å². The Labute approximate surface area is 86.6 Å². The molecule has 0 bridgehead atoms. The predicted molar refractivity (Wildman–Crippen MR) is 57.6 cm³/mol. The molecule has 74 valence electrons. The predicted octanol–water partition coefficient (Wildman–Crippen LogP) is 2.12. The maximum Gasteiger partial charge on any atom is 0.194 e. The van der Waals surface area contributed by atoms with Gasteiger partial charge in [-0.2, -0.15) is 0 Å². The third kappa shape index (κ3) is 1.04. The first kappa shape index (κ1) is 8.44. The molecule has 2 N–H and O–H groups in total. The fourth-order valence-corrected chi connectivity index (χ4v) is 3.14. The van der Waals surface area contributed by atoms with Crippen molar-refractivity contribution < 1.29 is 0 Å². The molecule has 1 aliphatic carbocycles. The van der Waals surface area contributed by atoms with Crippen LogP contribution in [0.15, 0.2) is 12.4 Å². The van der Waals surface area contributed by atoms with Crippen LogP contribution >= 0.6 is 11.3 Å². The van der Waals surface area contributed by atoms with Crippen molar-refractivity contribution >= 4 is 16.3 Å². The fourth-order valence-electron chi connectivity index (χ4n) is 2.10. The monoisotopic (exact) mass is 207 g/mol. The lowest BCUT2D eigenvalue weighted by molar-refractivity contribution is 0.407. The molecule has 0 aliphatic heterocycles. The van der Waals surface area contributed by atoms with Crippen LogP contribution in [-0.2, 0) is 6.54 Å². The van der Waals surface area contributed by atoms with Crippen LogP contribution < -0.4 is 5.73 Å². The number of nitrogens with zero attached hydrogens (tertiary/aromatic N) is 2. The van der Waals surface area contributed by atoms with Gasteiger partial charge >= 0.3 is 0 Å². The molecule has 2 heterocycles. The molecule has 3 rings (SSSR count). The molecule has 0 spiro atoms. The Hall–Kier alpha value is -0.870. The summed E-state index contributed by atoms with van der Waals surface area (Å²) < 4.78 is 2.22. The average molecular weight is 207 g/mol. The van der Waals surface area contributed by atoms with Gasteiger partial charge < -0.3 is 5.73 Å². The fraction of sp³-hybridized carbons (Fsp3) is 0.500. The van der Waals surface area contributed by atoms with Gasteiger partial charge in [0.15, 0.2) is 4.96 Å². The molecule has 4 heteroatoms. The molecule has 0 aromatic carbocycles. The molecular weight excluding hydrogens is 194 g/mol. The van der Waals surface area contributed by atoms with Crippen molar-refractivity contribution in [3.8, 4) is 0 Å². The molecule has 14 heavy (non-hydrogen) atoms. The van der Waals surface area contributed by atoms with E-state index in [2.05, 4.69) is 15.6 Å². The highest BCUT2D eigenvalue weighted by Gasteiger charge is 2.26. The first-order valence-electron chi connectivity index (χ1n) is 5.05. The van der Waals surface area contributed by atoms with Gasteiger partial charge in [0.2, 0.25) is 0 Å². The highest BCUT2D eigenvalue weighted by molar-refractivity contribution is 7.17. The van der Waals surface area contributed by atoms with E-state index >= 15 is 0 Å². The quantitative estimate of drug-likeness (QED) is 0.819. The summed E-state index contributed by atoms with van der Waals surface area (Å²) in [7, 11) is 0. The molecule has 1 saturated carbocycles. The van der Waals surface area contributed by atoms with E-state index in [0.717, 1.165) is 10.9 Å². The van der Waals surface area contributed by atoms with Gasteiger partial charge in [0.1, 0.15) is 0 Å². The maximum atomic E-state index is 5.76. The number of rotatable bonds is 2.